The van der Waals surface area contributed by atoms with Gasteiger partial charge in [0.1, 0.15) is 11.9 Å². The molecule has 138 valence electrons. The van der Waals surface area contributed by atoms with Crippen molar-refractivity contribution in [2.45, 2.75) is 51.6 Å². The van der Waals surface area contributed by atoms with Gasteiger partial charge in [0.2, 0.25) is 5.91 Å². The molecule has 1 aliphatic heterocycles. The summed E-state index contributed by atoms with van der Waals surface area (Å²) in [4.78, 5) is 18.8. The molecule has 0 bridgehead atoms. The van der Waals surface area contributed by atoms with Gasteiger partial charge in [0, 0.05) is 26.1 Å². The van der Waals surface area contributed by atoms with Crippen LogP contribution in [0.3, 0.4) is 0 Å². The van der Waals surface area contributed by atoms with Crippen LogP contribution in [0.1, 0.15) is 56.8 Å². The molecule has 1 saturated heterocycles. The molecule has 1 aromatic heterocycles. The first-order valence-electron chi connectivity index (χ1n) is 9.44. The van der Waals surface area contributed by atoms with Crippen LogP contribution in [-0.4, -0.2) is 58.8 Å². The van der Waals surface area contributed by atoms with Gasteiger partial charge in [0.25, 0.3) is 0 Å². The highest BCUT2D eigenvalue weighted by molar-refractivity contribution is 5.78. The Hall–Kier alpha value is -1.73. The minimum absolute atomic E-state index is 0.0845. The zero-order chi connectivity index (χ0) is 17.5. The van der Waals surface area contributed by atoms with Crippen molar-refractivity contribution in [3.8, 4) is 0 Å². The Morgan fingerprint density at radius 3 is 3.16 bits per heavy atom. The Morgan fingerprint density at radius 2 is 2.40 bits per heavy atom. The second-order valence-corrected chi connectivity index (χ2v) is 6.80. The molecule has 1 atom stereocenters. The number of amides is 1. The summed E-state index contributed by atoms with van der Waals surface area (Å²) in [5.41, 5.74) is 1.49. The molecule has 2 aliphatic rings. The van der Waals surface area contributed by atoms with Gasteiger partial charge in [-0.05, 0) is 32.1 Å². The summed E-state index contributed by atoms with van der Waals surface area (Å²) in [5, 5.41) is 10.2. The largest absolute Gasteiger partial charge is 0.367 e. The van der Waals surface area contributed by atoms with E-state index in [-0.39, 0.29) is 12.0 Å². The molecule has 1 fully saturated rings. The van der Waals surface area contributed by atoms with E-state index < -0.39 is 0 Å². The molecule has 0 radical (unpaired) electrons. The molecule has 0 unspecified atom stereocenters. The van der Waals surface area contributed by atoms with Gasteiger partial charge < -0.3 is 10.1 Å². The fourth-order valence-corrected chi connectivity index (χ4v) is 3.37. The van der Waals surface area contributed by atoms with Crippen molar-refractivity contribution in [1.29, 1.82) is 0 Å². The fourth-order valence-electron chi connectivity index (χ4n) is 3.37. The van der Waals surface area contributed by atoms with Crippen LogP contribution in [0.4, 0.5) is 0 Å². The van der Waals surface area contributed by atoms with E-state index in [4.69, 9.17) is 4.74 Å². The first kappa shape index (κ1) is 18.1. The third kappa shape index (κ3) is 5.37. The number of carbonyl (C=O) groups excluding carboxylic acids is 1. The topological polar surface area (TPSA) is 83.1 Å². The molecular formula is C18H29N5O2. The molecule has 3 rings (SSSR count). The lowest BCUT2D eigenvalue weighted by molar-refractivity contribution is -0.124. The fraction of sp³-hybridized carbons (Fsp3) is 0.722. The highest BCUT2D eigenvalue weighted by atomic mass is 16.5. The van der Waals surface area contributed by atoms with E-state index in [9.17, 15) is 4.79 Å². The van der Waals surface area contributed by atoms with Crippen LogP contribution in [0.5, 0.6) is 0 Å². The smallest absolute Gasteiger partial charge is 0.234 e. The summed E-state index contributed by atoms with van der Waals surface area (Å²) in [7, 11) is 0. The van der Waals surface area contributed by atoms with E-state index in [0.717, 1.165) is 31.8 Å². The van der Waals surface area contributed by atoms with Gasteiger partial charge in [-0.15, -0.1) is 0 Å². The molecule has 25 heavy (non-hydrogen) atoms. The van der Waals surface area contributed by atoms with Crippen LogP contribution in [0, 0.1) is 0 Å². The third-order valence-electron chi connectivity index (χ3n) is 4.84. The van der Waals surface area contributed by atoms with Gasteiger partial charge in [0.05, 0.1) is 13.2 Å². The second kappa shape index (κ2) is 9.10. The molecule has 1 aliphatic carbocycles. The van der Waals surface area contributed by atoms with Crippen molar-refractivity contribution in [1.82, 2.24) is 25.4 Å². The van der Waals surface area contributed by atoms with Gasteiger partial charge in [0.15, 0.2) is 5.82 Å². The lowest BCUT2D eigenvalue weighted by Gasteiger charge is -2.31. The molecule has 0 spiro atoms. The van der Waals surface area contributed by atoms with Crippen molar-refractivity contribution in [2.24, 2.45) is 0 Å². The maximum Gasteiger partial charge on any atom is 0.234 e. The Kier molecular flexibility index (Phi) is 6.58. The van der Waals surface area contributed by atoms with Crippen LogP contribution >= 0.6 is 0 Å². The normalized spacial score (nSPS) is 21.8. The summed E-state index contributed by atoms with van der Waals surface area (Å²) in [6.45, 7) is 5.19. The molecule has 2 heterocycles. The number of allylic oxidation sites excluding steroid dienone is 1. The Balaban J connectivity index is 1.40. The zero-order valence-corrected chi connectivity index (χ0v) is 15.1. The summed E-state index contributed by atoms with van der Waals surface area (Å²) in [5.74, 6) is 1.64. The number of aromatic nitrogens is 3. The zero-order valence-electron chi connectivity index (χ0n) is 15.1. The number of hydrogen-bond donors (Lipinski definition) is 2. The molecule has 1 amide bonds. The standard InChI is InChI=1S/C18H29N5O2/c1-2-16-20-18(22-21-16)15-12-23(10-11-25-15)13-17(24)19-9-8-14-6-4-3-5-7-14/h6,15H,2-5,7-13H2,1H3,(H,19,24)(H,20,21,22)/t15-/m0/s1. The molecule has 7 nitrogen and oxygen atoms in total. The first-order valence-corrected chi connectivity index (χ1v) is 9.44. The lowest BCUT2D eigenvalue weighted by Crippen LogP contribution is -2.44. The quantitative estimate of drug-likeness (QED) is 0.734. The van der Waals surface area contributed by atoms with E-state index in [2.05, 4.69) is 31.5 Å². The van der Waals surface area contributed by atoms with Crippen molar-refractivity contribution >= 4 is 5.91 Å². The van der Waals surface area contributed by atoms with E-state index in [1.54, 1.807) is 0 Å². The second-order valence-electron chi connectivity index (χ2n) is 6.80. The van der Waals surface area contributed by atoms with Crippen molar-refractivity contribution in [3.05, 3.63) is 23.3 Å². The molecule has 0 saturated carbocycles. The SMILES string of the molecule is CCc1nc([C@@H]2CN(CC(=O)NCCC3=CCCCC3)CCO2)n[nH]1. The molecule has 0 aromatic carbocycles. The maximum atomic E-state index is 12.2. The lowest BCUT2D eigenvalue weighted by atomic mass is 9.97. The van der Waals surface area contributed by atoms with Gasteiger partial charge in [-0.1, -0.05) is 18.6 Å². The van der Waals surface area contributed by atoms with Crippen LogP contribution in [0.2, 0.25) is 0 Å². The summed E-state index contributed by atoms with van der Waals surface area (Å²) < 4.78 is 5.77. The highest BCUT2D eigenvalue weighted by Gasteiger charge is 2.26. The molecule has 2 N–H and O–H groups in total. The Labute approximate surface area is 149 Å². The van der Waals surface area contributed by atoms with E-state index in [1.165, 1.54) is 31.3 Å². The molecule has 7 heteroatoms. The van der Waals surface area contributed by atoms with Crippen molar-refractivity contribution in [2.75, 3.05) is 32.8 Å². The number of morpholine rings is 1. The summed E-state index contributed by atoms with van der Waals surface area (Å²) >= 11 is 0. The van der Waals surface area contributed by atoms with Crippen molar-refractivity contribution in [3.63, 3.8) is 0 Å². The number of rotatable bonds is 7. The van der Waals surface area contributed by atoms with Gasteiger partial charge in [-0.2, -0.15) is 5.10 Å². The van der Waals surface area contributed by atoms with Gasteiger partial charge in [-0.3, -0.25) is 14.8 Å². The predicted octanol–water partition coefficient (Wildman–Crippen LogP) is 1.75. The van der Waals surface area contributed by atoms with Crippen LogP contribution in [-0.2, 0) is 16.0 Å². The number of H-pyrrole nitrogens is 1. The minimum Gasteiger partial charge on any atom is -0.367 e. The van der Waals surface area contributed by atoms with Crippen LogP contribution < -0.4 is 5.32 Å². The average molecular weight is 347 g/mol. The number of aryl methyl sites for hydroxylation is 1. The van der Waals surface area contributed by atoms with Gasteiger partial charge in [-0.25, -0.2) is 4.98 Å². The van der Waals surface area contributed by atoms with E-state index in [1.807, 2.05) is 6.92 Å². The highest BCUT2D eigenvalue weighted by Crippen LogP contribution is 2.20. The number of nitrogens with zero attached hydrogens (tertiary/aromatic N) is 3. The molecule has 1 aromatic rings. The monoisotopic (exact) mass is 347 g/mol. The Bertz CT molecular complexity index is 598. The Morgan fingerprint density at radius 1 is 1.48 bits per heavy atom. The number of nitrogens with one attached hydrogen (secondary N) is 2. The number of carbonyl (C=O) groups is 1. The minimum atomic E-state index is -0.162. The third-order valence-corrected chi connectivity index (χ3v) is 4.84. The van der Waals surface area contributed by atoms with E-state index in [0.29, 0.717) is 25.5 Å². The van der Waals surface area contributed by atoms with Crippen LogP contribution in [0.25, 0.3) is 0 Å². The number of aromatic amines is 1. The molecular weight excluding hydrogens is 318 g/mol. The summed E-state index contributed by atoms with van der Waals surface area (Å²) in [6, 6.07) is 0. The number of ether oxygens (including phenoxy) is 1. The van der Waals surface area contributed by atoms with Crippen molar-refractivity contribution < 1.29 is 9.53 Å². The van der Waals surface area contributed by atoms with Gasteiger partial charge >= 0.3 is 0 Å². The summed E-state index contributed by atoms with van der Waals surface area (Å²) in [6.07, 6.45) is 8.96. The average Bonchev–Trinajstić information content (AvgIpc) is 3.12. The first-order chi connectivity index (χ1) is 12.2. The maximum absolute atomic E-state index is 12.2. The van der Waals surface area contributed by atoms with E-state index >= 15 is 0 Å². The van der Waals surface area contributed by atoms with Crippen LogP contribution in [0.15, 0.2) is 11.6 Å². The predicted molar refractivity (Wildman–Crippen MR) is 95.1 cm³/mol. The number of hydrogen-bond acceptors (Lipinski definition) is 5.